The minimum atomic E-state index is -4.17. The summed E-state index contributed by atoms with van der Waals surface area (Å²) in [6.07, 6.45) is 0.226. The molecular formula is C36H40ClN3O4S. The van der Waals surface area contributed by atoms with Crippen molar-refractivity contribution in [1.29, 1.82) is 0 Å². The monoisotopic (exact) mass is 645 g/mol. The van der Waals surface area contributed by atoms with E-state index in [1.165, 1.54) is 17.0 Å². The van der Waals surface area contributed by atoms with E-state index in [-0.39, 0.29) is 23.8 Å². The third-order valence-electron chi connectivity index (χ3n) is 7.47. The summed E-state index contributed by atoms with van der Waals surface area (Å²) in [7, 11) is -4.17. The molecule has 0 bridgehead atoms. The highest BCUT2D eigenvalue weighted by molar-refractivity contribution is 7.92. The van der Waals surface area contributed by atoms with Crippen molar-refractivity contribution in [2.24, 2.45) is 0 Å². The zero-order valence-corrected chi connectivity index (χ0v) is 27.9. The van der Waals surface area contributed by atoms with Crippen molar-refractivity contribution < 1.29 is 18.0 Å². The predicted octanol–water partition coefficient (Wildman–Crippen LogP) is 6.71. The molecule has 236 valence electrons. The van der Waals surface area contributed by atoms with Crippen LogP contribution in [-0.4, -0.2) is 43.3 Å². The number of benzene rings is 4. The fourth-order valence-electron chi connectivity index (χ4n) is 5.08. The van der Waals surface area contributed by atoms with Gasteiger partial charge >= 0.3 is 0 Å². The molecule has 4 aromatic carbocycles. The van der Waals surface area contributed by atoms with Crippen LogP contribution in [0.1, 0.15) is 43.0 Å². The van der Waals surface area contributed by atoms with Crippen molar-refractivity contribution in [3.63, 3.8) is 0 Å². The summed E-state index contributed by atoms with van der Waals surface area (Å²) in [5.41, 5.74) is 3.01. The van der Waals surface area contributed by atoms with Crippen LogP contribution in [0.5, 0.6) is 0 Å². The molecule has 4 rings (SSSR count). The second-order valence-corrected chi connectivity index (χ2v) is 14.4. The zero-order valence-electron chi connectivity index (χ0n) is 26.3. The molecule has 9 heteroatoms. The van der Waals surface area contributed by atoms with Gasteiger partial charge in [0.1, 0.15) is 12.6 Å². The molecule has 1 atom stereocenters. The molecule has 0 radical (unpaired) electrons. The Balaban J connectivity index is 1.84. The summed E-state index contributed by atoms with van der Waals surface area (Å²) in [6, 6.07) is 29.0. The molecule has 0 aromatic heterocycles. The lowest BCUT2D eigenvalue weighted by Gasteiger charge is -2.35. The number of anilines is 1. The quantitative estimate of drug-likeness (QED) is 0.197. The highest BCUT2D eigenvalue weighted by Gasteiger charge is 2.36. The number of sulfonamides is 1. The Bertz CT molecular complexity index is 1740. The summed E-state index contributed by atoms with van der Waals surface area (Å²) < 4.78 is 29.5. The first kappa shape index (κ1) is 33.7. The van der Waals surface area contributed by atoms with Gasteiger partial charge in [-0.25, -0.2) is 8.42 Å². The number of halogens is 1. The lowest BCUT2D eigenvalue weighted by molar-refractivity contribution is -0.140. The number of nitrogens with zero attached hydrogens (tertiary/aromatic N) is 2. The average Bonchev–Trinajstić information content (AvgIpc) is 2.99. The third-order valence-corrected chi connectivity index (χ3v) is 9.48. The van der Waals surface area contributed by atoms with Gasteiger partial charge in [0.25, 0.3) is 10.0 Å². The molecule has 4 aromatic rings. The van der Waals surface area contributed by atoms with Crippen LogP contribution < -0.4 is 9.62 Å². The van der Waals surface area contributed by atoms with Crippen LogP contribution in [0.3, 0.4) is 0 Å². The van der Waals surface area contributed by atoms with Gasteiger partial charge in [0.15, 0.2) is 0 Å². The number of nitrogens with one attached hydrogen (secondary N) is 1. The van der Waals surface area contributed by atoms with E-state index in [9.17, 15) is 18.0 Å². The van der Waals surface area contributed by atoms with Crippen LogP contribution in [-0.2, 0) is 32.6 Å². The number of hydrogen-bond acceptors (Lipinski definition) is 4. The Labute approximate surface area is 271 Å². The van der Waals surface area contributed by atoms with Crippen LogP contribution in [0.4, 0.5) is 5.69 Å². The highest BCUT2D eigenvalue weighted by Crippen LogP contribution is 2.29. The Morgan fingerprint density at radius 3 is 2.04 bits per heavy atom. The summed E-state index contributed by atoms with van der Waals surface area (Å²) in [5.74, 6) is -0.869. The SMILES string of the molecule is Cc1cccc(N(CC(=O)N(Cc2cccc(Cl)c2)C(Cc2ccccc2)C(=O)NC(C)(C)C)S(=O)(=O)c2ccccc2)c1C. The van der Waals surface area contributed by atoms with E-state index >= 15 is 0 Å². The summed E-state index contributed by atoms with van der Waals surface area (Å²) in [5, 5.41) is 3.53. The fourth-order valence-corrected chi connectivity index (χ4v) is 6.78. The van der Waals surface area contributed by atoms with E-state index < -0.39 is 34.1 Å². The summed E-state index contributed by atoms with van der Waals surface area (Å²) >= 11 is 6.32. The van der Waals surface area contributed by atoms with E-state index in [4.69, 9.17) is 11.6 Å². The molecule has 0 aliphatic rings. The molecule has 1 unspecified atom stereocenters. The van der Waals surface area contributed by atoms with E-state index in [0.717, 1.165) is 21.0 Å². The average molecular weight is 646 g/mol. The van der Waals surface area contributed by atoms with Crippen LogP contribution >= 0.6 is 11.6 Å². The molecule has 1 N–H and O–H groups in total. The number of carbonyl (C=O) groups is 2. The maximum absolute atomic E-state index is 14.6. The fraction of sp³-hybridized carbons (Fsp3) is 0.278. The number of carbonyl (C=O) groups excluding carboxylic acids is 2. The second kappa shape index (κ2) is 14.3. The highest BCUT2D eigenvalue weighted by atomic mass is 35.5. The van der Waals surface area contributed by atoms with Gasteiger partial charge in [-0.15, -0.1) is 0 Å². The summed E-state index contributed by atoms with van der Waals surface area (Å²) in [4.78, 5) is 30.1. The number of aryl methyl sites for hydroxylation is 1. The molecule has 0 saturated heterocycles. The van der Waals surface area contributed by atoms with E-state index in [1.54, 1.807) is 48.5 Å². The van der Waals surface area contributed by atoms with Crippen molar-refractivity contribution in [1.82, 2.24) is 10.2 Å². The predicted molar refractivity (Wildman–Crippen MR) is 181 cm³/mol. The maximum Gasteiger partial charge on any atom is 0.264 e. The normalized spacial score (nSPS) is 12.3. The van der Waals surface area contributed by atoms with Gasteiger partial charge < -0.3 is 10.2 Å². The van der Waals surface area contributed by atoms with Gasteiger partial charge in [0, 0.05) is 23.5 Å². The van der Waals surface area contributed by atoms with Crippen LogP contribution in [0.15, 0.2) is 108 Å². The molecule has 0 fully saturated rings. The van der Waals surface area contributed by atoms with Gasteiger partial charge in [-0.3, -0.25) is 13.9 Å². The van der Waals surface area contributed by atoms with Gasteiger partial charge in [-0.2, -0.15) is 0 Å². The molecule has 0 heterocycles. The lowest BCUT2D eigenvalue weighted by Crippen LogP contribution is -2.56. The topological polar surface area (TPSA) is 86.8 Å². The Morgan fingerprint density at radius 1 is 0.822 bits per heavy atom. The zero-order chi connectivity index (χ0) is 32.8. The maximum atomic E-state index is 14.6. The minimum absolute atomic E-state index is 0.0421. The number of amides is 2. The Hall–Kier alpha value is -4.14. The van der Waals surface area contributed by atoms with Crippen molar-refractivity contribution in [2.75, 3.05) is 10.8 Å². The van der Waals surface area contributed by atoms with Crippen LogP contribution in [0, 0.1) is 13.8 Å². The Kier molecular flexibility index (Phi) is 10.7. The molecule has 0 spiro atoms. The number of rotatable bonds is 11. The summed E-state index contributed by atoms with van der Waals surface area (Å²) in [6.45, 7) is 8.89. The smallest absolute Gasteiger partial charge is 0.264 e. The first-order valence-electron chi connectivity index (χ1n) is 14.8. The molecule has 7 nitrogen and oxygen atoms in total. The van der Waals surface area contributed by atoms with Gasteiger partial charge in [-0.05, 0) is 87.2 Å². The van der Waals surface area contributed by atoms with E-state index in [2.05, 4.69) is 5.32 Å². The van der Waals surface area contributed by atoms with Crippen LogP contribution in [0.25, 0.3) is 0 Å². The first-order chi connectivity index (χ1) is 21.3. The third kappa shape index (κ3) is 8.74. The minimum Gasteiger partial charge on any atom is -0.350 e. The second-order valence-electron chi connectivity index (χ2n) is 12.1. The Morgan fingerprint density at radius 2 is 1.42 bits per heavy atom. The van der Waals surface area contributed by atoms with Crippen molar-refractivity contribution in [2.45, 2.75) is 64.1 Å². The van der Waals surface area contributed by atoms with E-state index in [1.807, 2.05) is 77.1 Å². The van der Waals surface area contributed by atoms with Crippen molar-refractivity contribution in [3.05, 3.63) is 130 Å². The lowest BCUT2D eigenvalue weighted by atomic mass is 10.0. The van der Waals surface area contributed by atoms with Gasteiger partial charge in [0.2, 0.25) is 11.8 Å². The molecule has 45 heavy (non-hydrogen) atoms. The number of hydrogen-bond donors (Lipinski definition) is 1. The molecule has 0 aliphatic carbocycles. The van der Waals surface area contributed by atoms with Gasteiger partial charge in [0.05, 0.1) is 10.6 Å². The van der Waals surface area contributed by atoms with Crippen LogP contribution in [0.2, 0.25) is 5.02 Å². The van der Waals surface area contributed by atoms with Crippen molar-refractivity contribution in [3.8, 4) is 0 Å². The molecule has 0 saturated carbocycles. The molecular weight excluding hydrogens is 606 g/mol. The molecule has 2 amide bonds. The van der Waals surface area contributed by atoms with E-state index in [0.29, 0.717) is 16.3 Å². The van der Waals surface area contributed by atoms with Crippen molar-refractivity contribution >= 4 is 39.1 Å². The molecule has 0 aliphatic heterocycles. The standard InChI is InChI=1S/C36H40ClN3O4S/c1-26-14-12-21-32(27(26)2)40(45(43,44)31-19-10-7-11-20-31)25-34(41)39(24-29-17-13-18-30(37)22-29)33(35(42)38-36(3,4)5)23-28-15-8-6-9-16-28/h6-22,33H,23-25H2,1-5H3,(H,38,42). The first-order valence-corrected chi connectivity index (χ1v) is 16.6. The largest absolute Gasteiger partial charge is 0.350 e. The van der Waals surface area contributed by atoms with Gasteiger partial charge in [-0.1, -0.05) is 84.4 Å².